The van der Waals surface area contributed by atoms with Gasteiger partial charge in [0.2, 0.25) is 0 Å². The zero-order valence-corrected chi connectivity index (χ0v) is 19.0. The van der Waals surface area contributed by atoms with Crippen LogP contribution < -0.4 is 15.1 Å². The number of aromatic amines is 1. The monoisotopic (exact) mass is 471 g/mol. The first kappa shape index (κ1) is 21.7. The Labute approximate surface area is 201 Å². The fourth-order valence-corrected chi connectivity index (χ4v) is 5.18. The molecule has 3 heterocycles. The number of H-pyrrole nitrogens is 1. The number of benzene rings is 3. The molecule has 2 aliphatic heterocycles. The first-order valence-electron chi connectivity index (χ1n) is 11.5. The highest BCUT2D eigenvalue weighted by atomic mass is 19.1. The molecular formula is C26H23BFN3O4. The molecule has 0 saturated heterocycles. The molecule has 3 aromatic carbocycles. The van der Waals surface area contributed by atoms with Gasteiger partial charge in [0.15, 0.2) is 0 Å². The molecular weight excluding hydrogens is 448 g/mol. The Morgan fingerprint density at radius 3 is 2.69 bits per heavy atom. The predicted molar refractivity (Wildman–Crippen MR) is 131 cm³/mol. The Balaban J connectivity index is 1.30. The second kappa shape index (κ2) is 8.14. The van der Waals surface area contributed by atoms with Gasteiger partial charge in [-0.15, -0.1) is 0 Å². The number of hydrogen-bond donors (Lipinski definition) is 3. The minimum atomic E-state index is -1.49. The highest BCUT2D eigenvalue weighted by Crippen LogP contribution is 2.43. The molecule has 1 aromatic heterocycles. The van der Waals surface area contributed by atoms with Gasteiger partial charge in [-0.1, -0.05) is 24.3 Å². The molecule has 0 aliphatic carbocycles. The number of nitrogens with one attached hydrogen (secondary N) is 1. The molecule has 176 valence electrons. The fourth-order valence-electron chi connectivity index (χ4n) is 5.18. The maximum Gasteiger partial charge on any atom is 0.488 e. The molecule has 2 aliphatic rings. The molecule has 3 N–H and O–H groups in total. The van der Waals surface area contributed by atoms with Crippen molar-refractivity contribution >= 4 is 35.1 Å². The molecule has 1 unspecified atom stereocenters. The van der Waals surface area contributed by atoms with Crippen LogP contribution in [0, 0.1) is 5.82 Å². The van der Waals surface area contributed by atoms with Crippen LogP contribution in [0.15, 0.2) is 60.7 Å². The van der Waals surface area contributed by atoms with Crippen molar-refractivity contribution in [2.45, 2.75) is 19.2 Å². The van der Waals surface area contributed by atoms with E-state index in [0.29, 0.717) is 36.3 Å². The Bertz CT molecular complexity index is 1450. The van der Waals surface area contributed by atoms with Gasteiger partial charge in [-0.3, -0.25) is 4.79 Å². The lowest BCUT2D eigenvalue weighted by Crippen LogP contribution is -2.51. The smallest absolute Gasteiger partial charge is 0.488 e. The molecule has 0 saturated carbocycles. The van der Waals surface area contributed by atoms with Gasteiger partial charge in [-0.2, -0.15) is 0 Å². The highest BCUT2D eigenvalue weighted by molar-refractivity contribution is 6.58. The molecule has 0 bridgehead atoms. The Hall–Kier alpha value is -3.82. The molecule has 9 heteroatoms. The average molecular weight is 471 g/mol. The third-order valence-electron chi connectivity index (χ3n) is 6.95. The molecule has 1 amide bonds. The van der Waals surface area contributed by atoms with Crippen LogP contribution >= 0.6 is 0 Å². The highest BCUT2D eigenvalue weighted by Gasteiger charge is 2.41. The zero-order chi connectivity index (χ0) is 24.3. The molecule has 0 fully saturated rings. The predicted octanol–water partition coefficient (Wildman–Crippen LogP) is 2.71. The van der Waals surface area contributed by atoms with Crippen molar-refractivity contribution in [3.63, 3.8) is 0 Å². The van der Waals surface area contributed by atoms with Gasteiger partial charge in [0.1, 0.15) is 24.3 Å². The summed E-state index contributed by atoms with van der Waals surface area (Å²) in [7, 11) is 0.438. The maximum absolute atomic E-state index is 13.8. The van der Waals surface area contributed by atoms with E-state index in [-0.39, 0.29) is 12.1 Å². The number of aromatic nitrogens is 1. The number of carbonyl (C=O) groups excluding carboxylic acids is 1. The molecule has 6 rings (SSSR count). The number of hydrogen-bond acceptors (Lipinski definition) is 5. The van der Waals surface area contributed by atoms with Crippen LogP contribution in [0.5, 0.6) is 5.75 Å². The number of anilines is 1. The van der Waals surface area contributed by atoms with Crippen molar-refractivity contribution in [1.82, 2.24) is 9.88 Å². The van der Waals surface area contributed by atoms with E-state index in [1.54, 1.807) is 35.2 Å². The number of halogens is 1. The number of fused-ring (bicyclic) bond motifs is 6. The lowest BCUT2D eigenvalue weighted by molar-refractivity contribution is 0.0634. The number of rotatable bonds is 4. The molecule has 35 heavy (non-hydrogen) atoms. The van der Waals surface area contributed by atoms with Crippen molar-refractivity contribution in [2.24, 2.45) is 0 Å². The van der Waals surface area contributed by atoms with Crippen LogP contribution in [0.1, 0.15) is 33.3 Å². The third kappa shape index (κ3) is 3.55. The maximum atomic E-state index is 13.8. The molecule has 4 aromatic rings. The van der Waals surface area contributed by atoms with E-state index in [4.69, 9.17) is 4.74 Å². The van der Waals surface area contributed by atoms with E-state index < -0.39 is 12.9 Å². The van der Waals surface area contributed by atoms with Crippen LogP contribution in [0.25, 0.3) is 10.9 Å². The van der Waals surface area contributed by atoms with Crippen molar-refractivity contribution in [1.29, 1.82) is 0 Å². The van der Waals surface area contributed by atoms with Crippen LogP contribution in [0.2, 0.25) is 0 Å². The Morgan fingerprint density at radius 2 is 1.91 bits per heavy atom. The molecule has 1 atom stereocenters. The zero-order valence-electron chi connectivity index (χ0n) is 19.0. The summed E-state index contributed by atoms with van der Waals surface area (Å²) in [6.07, 6.45) is 0.395. The number of amides is 1. The second-order valence-electron chi connectivity index (χ2n) is 9.02. The van der Waals surface area contributed by atoms with Crippen molar-refractivity contribution in [2.75, 3.05) is 18.5 Å². The Morgan fingerprint density at radius 1 is 1.11 bits per heavy atom. The van der Waals surface area contributed by atoms with Crippen LogP contribution in [0.4, 0.5) is 10.1 Å². The summed E-state index contributed by atoms with van der Waals surface area (Å²) in [6, 6.07) is 17.2. The third-order valence-corrected chi connectivity index (χ3v) is 6.95. The summed E-state index contributed by atoms with van der Waals surface area (Å²) in [5.74, 6) is 0.152. The van der Waals surface area contributed by atoms with E-state index in [2.05, 4.69) is 4.98 Å². The van der Waals surface area contributed by atoms with E-state index in [9.17, 15) is 19.2 Å². The van der Waals surface area contributed by atoms with Crippen molar-refractivity contribution in [3.05, 3.63) is 88.9 Å². The number of ether oxygens (including phenoxy) is 1. The van der Waals surface area contributed by atoms with Gasteiger partial charge in [0, 0.05) is 24.5 Å². The van der Waals surface area contributed by atoms with Gasteiger partial charge in [0.25, 0.3) is 5.91 Å². The van der Waals surface area contributed by atoms with Gasteiger partial charge in [-0.25, -0.2) is 4.39 Å². The van der Waals surface area contributed by atoms with E-state index in [1.165, 1.54) is 12.1 Å². The van der Waals surface area contributed by atoms with E-state index in [0.717, 1.165) is 33.5 Å². The second-order valence-corrected chi connectivity index (χ2v) is 9.02. The normalized spacial score (nSPS) is 16.7. The summed E-state index contributed by atoms with van der Waals surface area (Å²) in [4.78, 5) is 20.5. The van der Waals surface area contributed by atoms with Crippen LogP contribution in [-0.4, -0.2) is 46.5 Å². The lowest BCUT2D eigenvalue weighted by atomic mass is 9.80. The summed E-state index contributed by atoms with van der Waals surface area (Å²) in [6.45, 7) is 0.888. The SMILES string of the molecule is CN1c2ccc(F)cc2C(=O)N2CCc3c([nH]c4ccc(OCc5ccc(B(O)O)cc5)cc34)C21. The number of carbonyl (C=O) groups is 1. The average Bonchev–Trinajstić information content (AvgIpc) is 3.23. The van der Waals surface area contributed by atoms with Crippen LogP contribution in [0.3, 0.4) is 0 Å². The quantitative estimate of drug-likeness (QED) is 0.399. The molecule has 0 radical (unpaired) electrons. The van der Waals surface area contributed by atoms with Gasteiger partial charge >= 0.3 is 7.12 Å². The summed E-state index contributed by atoms with van der Waals surface area (Å²) < 4.78 is 19.8. The first-order valence-corrected chi connectivity index (χ1v) is 11.5. The summed E-state index contributed by atoms with van der Waals surface area (Å²) in [5.41, 5.74) is 5.54. The van der Waals surface area contributed by atoms with Gasteiger partial charge in [0.05, 0.1) is 16.9 Å². The largest absolute Gasteiger partial charge is 0.489 e. The molecule has 0 spiro atoms. The standard InChI is InChI=1S/C26H23BFN3O4/c1-30-23-9-6-17(28)12-21(23)26(32)31-11-10-19-20-13-18(7-8-22(20)29-24(19)25(30)31)35-14-15-2-4-16(5-3-15)27(33)34/h2-9,12-13,25,29,33-34H,10-11,14H2,1H3. The molecule has 7 nitrogen and oxygen atoms in total. The lowest BCUT2D eigenvalue weighted by Gasteiger charge is -2.46. The van der Waals surface area contributed by atoms with Crippen molar-refractivity contribution in [3.8, 4) is 5.75 Å². The minimum Gasteiger partial charge on any atom is -0.489 e. The summed E-state index contributed by atoms with van der Waals surface area (Å²) >= 11 is 0. The number of nitrogens with zero attached hydrogens (tertiary/aromatic N) is 2. The van der Waals surface area contributed by atoms with E-state index in [1.807, 2.05) is 30.1 Å². The van der Waals surface area contributed by atoms with E-state index >= 15 is 0 Å². The van der Waals surface area contributed by atoms with Crippen molar-refractivity contribution < 1.29 is 24.0 Å². The van der Waals surface area contributed by atoms with Crippen LogP contribution in [-0.2, 0) is 13.0 Å². The summed E-state index contributed by atoms with van der Waals surface area (Å²) in [5, 5.41) is 19.5. The van der Waals surface area contributed by atoms with Gasteiger partial charge < -0.3 is 29.6 Å². The van der Waals surface area contributed by atoms with Gasteiger partial charge in [-0.05, 0) is 59.4 Å². The topological polar surface area (TPSA) is 89.0 Å². The Kier molecular flexibility index (Phi) is 5.05. The fraction of sp³-hybridized carbons (Fsp3) is 0.192. The minimum absolute atomic E-state index is 0.157. The first-order chi connectivity index (χ1) is 16.9.